The van der Waals surface area contributed by atoms with Gasteiger partial charge in [-0.2, -0.15) is 0 Å². The van der Waals surface area contributed by atoms with E-state index in [-0.39, 0.29) is 22.6 Å². The molecule has 0 heterocycles. The third kappa shape index (κ3) is 3.04. The van der Waals surface area contributed by atoms with Crippen LogP contribution in [-0.2, 0) is 10.0 Å². The average molecular weight is 302 g/mol. The Balaban J connectivity index is 1.98. The zero-order valence-corrected chi connectivity index (χ0v) is 14.1. The lowest BCUT2D eigenvalue weighted by atomic mass is 9.69. The normalized spacial score (nSPS) is 35.6. The molecule has 0 saturated heterocycles. The molecule has 0 radical (unpaired) electrons. The van der Waals surface area contributed by atoms with Gasteiger partial charge < -0.3 is 5.32 Å². The predicted octanol–water partition coefficient (Wildman–Crippen LogP) is 2.12. The summed E-state index contributed by atoms with van der Waals surface area (Å²) >= 11 is 0. The molecule has 2 aliphatic carbocycles. The molecule has 0 aromatic heterocycles. The van der Waals surface area contributed by atoms with Gasteiger partial charge in [-0.05, 0) is 62.4 Å². The predicted molar refractivity (Wildman–Crippen MR) is 83.1 cm³/mol. The largest absolute Gasteiger partial charge is 0.320 e. The second-order valence-corrected chi connectivity index (χ2v) is 9.47. The molecule has 2 bridgehead atoms. The molecular weight excluding hydrogens is 272 g/mol. The molecule has 2 fully saturated rings. The molecule has 3 atom stereocenters. The van der Waals surface area contributed by atoms with Crippen LogP contribution in [0.4, 0.5) is 0 Å². The van der Waals surface area contributed by atoms with Crippen LogP contribution < -0.4 is 10.0 Å². The Morgan fingerprint density at radius 1 is 1.20 bits per heavy atom. The molecular formula is C15H30N2O2S. The summed E-state index contributed by atoms with van der Waals surface area (Å²) in [7, 11) is -1.26. The van der Waals surface area contributed by atoms with E-state index in [1.165, 1.54) is 12.8 Å². The molecule has 2 rings (SSSR count). The van der Waals surface area contributed by atoms with E-state index in [1.807, 2.05) is 7.05 Å². The summed E-state index contributed by atoms with van der Waals surface area (Å²) in [6.45, 7) is 7.60. The van der Waals surface area contributed by atoms with Crippen molar-refractivity contribution >= 4 is 10.0 Å². The Hall–Kier alpha value is -0.130. The van der Waals surface area contributed by atoms with Crippen molar-refractivity contribution in [2.24, 2.45) is 16.7 Å². The van der Waals surface area contributed by atoms with Crippen LogP contribution in [0.25, 0.3) is 0 Å². The van der Waals surface area contributed by atoms with Crippen LogP contribution >= 0.6 is 0 Å². The lowest BCUT2D eigenvalue weighted by Crippen LogP contribution is -2.52. The molecule has 2 saturated carbocycles. The second kappa shape index (κ2) is 5.58. The van der Waals surface area contributed by atoms with Gasteiger partial charge >= 0.3 is 0 Å². The van der Waals surface area contributed by atoms with E-state index in [1.54, 1.807) is 0 Å². The summed E-state index contributed by atoms with van der Waals surface area (Å²) in [6.07, 6.45) is 5.22. The van der Waals surface area contributed by atoms with Gasteiger partial charge in [0.25, 0.3) is 0 Å². The van der Waals surface area contributed by atoms with E-state index >= 15 is 0 Å². The second-order valence-electron chi connectivity index (χ2n) is 7.60. The zero-order valence-electron chi connectivity index (χ0n) is 13.3. The monoisotopic (exact) mass is 302 g/mol. The van der Waals surface area contributed by atoms with E-state index in [2.05, 4.69) is 30.8 Å². The number of hydrogen-bond donors (Lipinski definition) is 2. The molecule has 20 heavy (non-hydrogen) atoms. The van der Waals surface area contributed by atoms with Crippen molar-refractivity contribution in [3.05, 3.63) is 0 Å². The van der Waals surface area contributed by atoms with Crippen molar-refractivity contribution in [1.29, 1.82) is 0 Å². The first-order chi connectivity index (χ1) is 9.21. The minimum Gasteiger partial charge on any atom is -0.320 e. The van der Waals surface area contributed by atoms with Gasteiger partial charge in [0.05, 0.1) is 5.75 Å². The lowest BCUT2D eigenvalue weighted by Gasteiger charge is -2.42. The fourth-order valence-corrected chi connectivity index (χ4v) is 6.08. The minimum absolute atomic E-state index is 0.0883. The molecule has 118 valence electrons. The van der Waals surface area contributed by atoms with Gasteiger partial charge in [-0.15, -0.1) is 0 Å². The molecule has 0 amide bonds. The molecule has 5 heteroatoms. The first-order valence-electron chi connectivity index (χ1n) is 7.86. The quantitative estimate of drug-likeness (QED) is 0.708. The lowest BCUT2D eigenvalue weighted by molar-refractivity contribution is 0.127. The van der Waals surface area contributed by atoms with E-state index in [0.29, 0.717) is 5.92 Å². The number of sulfonamides is 1. The Morgan fingerprint density at radius 3 is 2.45 bits per heavy atom. The number of fused-ring (bicyclic) bond motifs is 2. The van der Waals surface area contributed by atoms with Gasteiger partial charge in [-0.1, -0.05) is 20.8 Å². The fraction of sp³-hybridized carbons (Fsp3) is 1.00. The molecule has 0 aliphatic heterocycles. The Labute approximate surface area is 124 Å². The third-order valence-electron chi connectivity index (χ3n) is 5.66. The highest BCUT2D eigenvalue weighted by Gasteiger charge is 2.60. The number of hydrogen-bond acceptors (Lipinski definition) is 3. The fourth-order valence-electron chi connectivity index (χ4n) is 4.43. The highest BCUT2D eigenvalue weighted by Crippen LogP contribution is 2.62. The SMILES string of the molecule is CNCCCCS(=O)(=O)NC1C2(C)CCC(C2)C1(C)C. The van der Waals surface area contributed by atoms with Crippen LogP contribution in [0.3, 0.4) is 0 Å². The van der Waals surface area contributed by atoms with Crippen molar-refractivity contribution < 1.29 is 8.42 Å². The molecule has 0 aromatic rings. The van der Waals surface area contributed by atoms with E-state index in [4.69, 9.17) is 0 Å². The van der Waals surface area contributed by atoms with E-state index in [9.17, 15) is 8.42 Å². The maximum absolute atomic E-state index is 12.3. The van der Waals surface area contributed by atoms with Gasteiger partial charge in [-0.25, -0.2) is 13.1 Å². The Kier molecular flexibility index (Phi) is 4.53. The molecule has 4 nitrogen and oxygen atoms in total. The van der Waals surface area contributed by atoms with Gasteiger partial charge in [0.2, 0.25) is 10.0 Å². The van der Waals surface area contributed by atoms with Crippen LogP contribution in [0.15, 0.2) is 0 Å². The number of rotatable bonds is 7. The van der Waals surface area contributed by atoms with E-state index < -0.39 is 10.0 Å². The van der Waals surface area contributed by atoms with Gasteiger partial charge in [0.1, 0.15) is 0 Å². The van der Waals surface area contributed by atoms with Gasteiger partial charge in [0.15, 0.2) is 0 Å². The van der Waals surface area contributed by atoms with Crippen LogP contribution in [0.2, 0.25) is 0 Å². The maximum Gasteiger partial charge on any atom is 0.211 e. The highest BCUT2D eigenvalue weighted by atomic mass is 32.2. The molecule has 2 aliphatic rings. The van der Waals surface area contributed by atoms with Gasteiger partial charge in [0, 0.05) is 6.04 Å². The van der Waals surface area contributed by atoms with Crippen molar-refractivity contribution in [3.63, 3.8) is 0 Å². The molecule has 3 unspecified atom stereocenters. The van der Waals surface area contributed by atoms with Crippen molar-refractivity contribution in [2.75, 3.05) is 19.3 Å². The van der Waals surface area contributed by atoms with Crippen molar-refractivity contribution in [3.8, 4) is 0 Å². The van der Waals surface area contributed by atoms with Crippen LogP contribution in [0, 0.1) is 16.7 Å². The summed E-state index contributed by atoms with van der Waals surface area (Å²) in [5.41, 5.74) is 0.247. The third-order valence-corrected chi connectivity index (χ3v) is 7.08. The van der Waals surface area contributed by atoms with Gasteiger partial charge in [-0.3, -0.25) is 0 Å². The number of nitrogens with one attached hydrogen (secondary N) is 2. The standard InChI is InChI=1S/C15H30N2O2S/c1-14(2)12-7-8-15(3,11-12)13(14)17-20(18,19)10-6-5-9-16-4/h12-13,16-17H,5-11H2,1-4H3. The molecule has 0 spiro atoms. The zero-order chi connectivity index (χ0) is 15.0. The molecule has 0 aromatic carbocycles. The minimum atomic E-state index is -3.15. The summed E-state index contributed by atoms with van der Waals surface area (Å²) < 4.78 is 27.7. The van der Waals surface area contributed by atoms with E-state index in [0.717, 1.165) is 25.8 Å². The average Bonchev–Trinajstić information content (AvgIpc) is 2.82. The van der Waals surface area contributed by atoms with Crippen LogP contribution in [0.1, 0.15) is 52.9 Å². The first-order valence-corrected chi connectivity index (χ1v) is 9.51. The van der Waals surface area contributed by atoms with Crippen LogP contribution in [-0.4, -0.2) is 33.8 Å². The van der Waals surface area contributed by atoms with Crippen molar-refractivity contribution in [2.45, 2.75) is 58.9 Å². The topological polar surface area (TPSA) is 58.2 Å². The Bertz CT molecular complexity index is 442. The number of unbranched alkanes of at least 4 members (excludes halogenated alkanes) is 1. The van der Waals surface area contributed by atoms with Crippen molar-refractivity contribution in [1.82, 2.24) is 10.0 Å². The summed E-state index contributed by atoms with van der Waals surface area (Å²) in [5, 5.41) is 3.05. The first kappa shape index (κ1) is 16.2. The Morgan fingerprint density at radius 2 is 1.90 bits per heavy atom. The molecule has 2 N–H and O–H groups in total. The van der Waals surface area contributed by atoms with Crippen LogP contribution in [0.5, 0.6) is 0 Å². The summed E-state index contributed by atoms with van der Waals surface area (Å²) in [6, 6.07) is 0.100. The summed E-state index contributed by atoms with van der Waals surface area (Å²) in [4.78, 5) is 0. The smallest absolute Gasteiger partial charge is 0.211 e. The summed E-state index contributed by atoms with van der Waals surface area (Å²) in [5.74, 6) is 0.923. The maximum atomic E-state index is 12.3. The highest BCUT2D eigenvalue weighted by molar-refractivity contribution is 7.89.